The summed E-state index contributed by atoms with van der Waals surface area (Å²) in [6, 6.07) is 9.27. The third kappa shape index (κ3) is 4.37. The van der Waals surface area contributed by atoms with Crippen LogP contribution in [-0.4, -0.2) is 45.7 Å². The third-order valence-electron chi connectivity index (χ3n) is 5.92. The second kappa shape index (κ2) is 8.13. The van der Waals surface area contributed by atoms with E-state index >= 15 is 0 Å². The summed E-state index contributed by atoms with van der Waals surface area (Å²) in [5.41, 5.74) is 2.66. The van der Waals surface area contributed by atoms with Crippen molar-refractivity contribution in [2.24, 2.45) is 5.92 Å². The van der Waals surface area contributed by atoms with Crippen LogP contribution < -0.4 is 15.1 Å². The van der Waals surface area contributed by atoms with Crippen molar-refractivity contribution in [2.45, 2.75) is 38.6 Å². The Morgan fingerprint density at radius 1 is 1.12 bits per heavy atom. The molecule has 0 aromatic heterocycles. The van der Waals surface area contributed by atoms with Crippen molar-refractivity contribution in [3.8, 4) is 0 Å². The largest absolute Gasteiger partial charge is 0.350 e. The molecule has 132 valence electrons. The monoisotopic (exact) mass is 331 g/mol. The lowest BCUT2D eigenvalue weighted by Crippen LogP contribution is -3.27. The fraction of sp³-hybridized carbons (Fsp3) is 0.650. The van der Waals surface area contributed by atoms with Gasteiger partial charge in [-0.25, -0.2) is 0 Å². The lowest BCUT2D eigenvalue weighted by molar-refractivity contribution is -1.02. The molecular formula is C20H33N3O+2. The Morgan fingerprint density at radius 3 is 2.38 bits per heavy atom. The third-order valence-corrected chi connectivity index (χ3v) is 5.92. The standard InChI is InChI=1S/C20H31N3O/c1-16-7-9-17(10-8-16)19(23-13-11-22(2)12-14-23)15-21-20(24)18-5-3-4-6-18/h7-10,18-19H,3-6,11-15H2,1-2H3,(H,21,24)/p+2/t19-/m1/s1. The highest BCUT2D eigenvalue weighted by Crippen LogP contribution is 2.24. The number of hydrogen-bond donors (Lipinski definition) is 3. The molecule has 1 saturated heterocycles. The predicted molar refractivity (Wildman–Crippen MR) is 96.2 cm³/mol. The quantitative estimate of drug-likeness (QED) is 0.684. The number of aryl methyl sites for hydroxylation is 1. The van der Waals surface area contributed by atoms with Crippen molar-refractivity contribution in [2.75, 3.05) is 39.8 Å². The van der Waals surface area contributed by atoms with Crippen LogP contribution in [0.15, 0.2) is 24.3 Å². The molecule has 1 atom stereocenters. The topological polar surface area (TPSA) is 38.0 Å². The maximum absolute atomic E-state index is 12.4. The van der Waals surface area contributed by atoms with E-state index < -0.39 is 0 Å². The van der Waals surface area contributed by atoms with Crippen molar-refractivity contribution in [1.29, 1.82) is 0 Å². The molecule has 0 spiro atoms. The van der Waals surface area contributed by atoms with Crippen molar-refractivity contribution < 1.29 is 14.6 Å². The minimum absolute atomic E-state index is 0.260. The zero-order valence-corrected chi connectivity index (χ0v) is 15.2. The van der Waals surface area contributed by atoms with Crippen molar-refractivity contribution in [3.63, 3.8) is 0 Å². The number of carbonyl (C=O) groups is 1. The van der Waals surface area contributed by atoms with E-state index in [1.807, 2.05) is 0 Å². The van der Waals surface area contributed by atoms with E-state index in [1.165, 1.54) is 50.1 Å². The van der Waals surface area contributed by atoms with Gasteiger partial charge < -0.3 is 15.1 Å². The van der Waals surface area contributed by atoms with Gasteiger partial charge >= 0.3 is 0 Å². The van der Waals surface area contributed by atoms with Gasteiger partial charge in [-0.1, -0.05) is 42.7 Å². The van der Waals surface area contributed by atoms with E-state index in [1.54, 1.807) is 9.80 Å². The van der Waals surface area contributed by atoms with Gasteiger partial charge in [-0.15, -0.1) is 0 Å². The maximum atomic E-state index is 12.4. The lowest BCUT2D eigenvalue weighted by Gasteiger charge is -2.34. The normalized spacial score (nSPS) is 26.2. The Hall–Kier alpha value is -1.39. The zero-order chi connectivity index (χ0) is 16.9. The average Bonchev–Trinajstić information content (AvgIpc) is 3.12. The second-order valence-corrected chi connectivity index (χ2v) is 7.81. The number of nitrogens with one attached hydrogen (secondary N) is 3. The lowest BCUT2D eigenvalue weighted by atomic mass is 10.0. The van der Waals surface area contributed by atoms with Gasteiger partial charge in [-0.05, 0) is 19.8 Å². The van der Waals surface area contributed by atoms with E-state index in [4.69, 9.17) is 0 Å². The van der Waals surface area contributed by atoms with Gasteiger partial charge in [-0.3, -0.25) is 4.79 Å². The molecule has 2 aliphatic rings. The minimum Gasteiger partial charge on any atom is -0.350 e. The number of amides is 1. The summed E-state index contributed by atoms with van der Waals surface area (Å²) in [7, 11) is 2.28. The summed E-state index contributed by atoms with van der Waals surface area (Å²) in [5, 5.41) is 3.28. The maximum Gasteiger partial charge on any atom is 0.223 e. The molecule has 0 unspecified atom stereocenters. The molecule has 0 radical (unpaired) electrons. The molecule has 1 aromatic carbocycles. The second-order valence-electron chi connectivity index (χ2n) is 7.81. The highest BCUT2D eigenvalue weighted by molar-refractivity contribution is 5.78. The van der Waals surface area contributed by atoms with Crippen molar-refractivity contribution in [1.82, 2.24) is 5.32 Å². The van der Waals surface area contributed by atoms with Gasteiger partial charge in [0.2, 0.25) is 5.91 Å². The highest BCUT2D eigenvalue weighted by atomic mass is 16.1. The van der Waals surface area contributed by atoms with E-state index in [0.29, 0.717) is 6.04 Å². The first-order valence-corrected chi connectivity index (χ1v) is 9.63. The van der Waals surface area contributed by atoms with Crippen molar-refractivity contribution in [3.05, 3.63) is 35.4 Å². The number of quaternary nitrogens is 2. The molecule has 1 aliphatic heterocycles. The minimum atomic E-state index is 0.260. The summed E-state index contributed by atoms with van der Waals surface area (Å²) in [4.78, 5) is 15.7. The molecule has 1 heterocycles. The number of likely N-dealkylation sites (N-methyl/N-ethyl adjacent to an activating group) is 1. The van der Waals surface area contributed by atoms with Crippen LogP contribution in [0.2, 0.25) is 0 Å². The molecule has 0 bridgehead atoms. The van der Waals surface area contributed by atoms with E-state index in [9.17, 15) is 4.79 Å². The Labute approximate surface area is 146 Å². The number of piperazine rings is 1. The van der Waals surface area contributed by atoms with Gasteiger partial charge in [0.25, 0.3) is 0 Å². The Balaban J connectivity index is 1.66. The van der Waals surface area contributed by atoms with Gasteiger partial charge in [-0.2, -0.15) is 0 Å². The molecule has 3 N–H and O–H groups in total. The molecule has 4 nitrogen and oxygen atoms in total. The molecule has 1 saturated carbocycles. The van der Waals surface area contributed by atoms with Crippen LogP contribution in [-0.2, 0) is 4.79 Å². The average molecular weight is 332 g/mol. The Morgan fingerprint density at radius 2 is 1.75 bits per heavy atom. The number of benzene rings is 1. The molecule has 2 fully saturated rings. The van der Waals surface area contributed by atoms with Crippen LogP contribution in [0.5, 0.6) is 0 Å². The SMILES string of the molecule is Cc1ccc([C@@H](CNC(=O)C2CCCC2)[NH+]2CC[NH+](C)CC2)cc1. The van der Waals surface area contributed by atoms with E-state index in [0.717, 1.165) is 19.4 Å². The number of rotatable bonds is 5. The highest BCUT2D eigenvalue weighted by Gasteiger charge is 2.30. The zero-order valence-electron chi connectivity index (χ0n) is 15.2. The molecule has 1 amide bonds. The van der Waals surface area contributed by atoms with Crippen LogP contribution in [0.25, 0.3) is 0 Å². The molecule has 3 rings (SSSR count). The van der Waals surface area contributed by atoms with E-state index in [2.05, 4.69) is 43.6 Å². The molecule has 4 heteroatoms. The molecule has 1 aliphatic carbocycles. The first kappa shape index (κ1) is 17.4. The van der Waals surface area contributed by atoms with Crippen LogP contribution in [0.1, 0.15) is 42.9 Å². The summed E-state index contributed by atoms with van der Waals surface area (Å²) in [5.74, 6) is 0.541. The van der Waals surface area contributed by atoms with Crippen LogP contribution in [0, 0.1) is 12.8 Å². The first-order chi connectivity index (χ1) is 11.6. The summed E-state index contributed by atoms with van der Waals surface area (Å²) < 4.78 is 0. The first-order valence-electron chi connectivity index (χ1n) is 9.63. The van der Waals surface area contributed by atoms with E-state index in [-0.39, 0.29) is 11.8 Å². The molecule has 24 heavy (non-hydrogen) atoms. The van der Waals surface area contributed by atoms with Crippen molar-refractivity contribution >= 4 is 5.91 Å². The fourth-order valence-corrected chi connectivity index (χ4v) is 4.18. The smallest absolute Gasteiger partial charge is 0.223 e. The van der Waals surface area contributed by atoms with Gasteiger partial charge in [0.05, 0.1) is 13.6 Å². The van der Waals surface area contributed by atoms with Gasteiger partial charge in [0.15, 0.2) is 0 Å². The Kier molecular flexibility index (Phi) is 5.90. The van der Waals surface area contributed by atoms with Crippen LogP contribution in [0.4, 0.5) is 0 Å². The predicted octanol–water partition coefficient (Wildman–Crippen LogP) is -0.244. The van der Waals surface area contributed by atoms with Gasteiger partial charge in [0, 0.05) is 11.5 Å². The summed E-state index contributed by atoms with van der Waals surface area (Å²) in [6.45, 7) is 7.70. The fourth-order valence-electron chi connectivity index (χ4n) is 4.18. The molecular weight excluding hydrogens is 298 g/mol. The van der Waals surface area contributed by atoms with Gasteiger partial charge in [0.1, 0.15) is 32.2 Å². The summed E-state index contributed by atoms with van der Waals surface area (Å²) in [6.07, 6.45) is 4.58. The number of hydrogen-bond acceptors (Lipinski definition) is 1. The van der Waals surface area contributed by atoms with Crippen LogP contribution >= 0.6 is 0 Å². The molecule has 1 aromatic rings. The Bertz CT molecular complexity index is 528. The van der Waals surface area contributed by atoms with Crippen LogP contribution in [0.3, 0.4) is 0 Å². The summed E-state index contributed by atoms with van der Waals surface area (Å²) >= 11 is 0. The number of carbonyl (C=O) groups excluding carboxylic acids is 1.